The first-order valence-corrected chi connectivity index (χ1v) is 7.78. The summed E-state index contributed by atoms with van der Waals surface area (Å²) in [6.45, 7) is 3.56. The molecule has 1 heterocycles. The third-order valence-electron chi connectivity index (χ3n) is 3.25. The second-order valence-electron chi connectivity index (χ2n) is 4.74. The predicted molar refractivity (Wildman–Crippen MR) is 92.0 cm³/mol. The van der Waals surface area contributed by atoms with E-state index in [4.69, 9.17) is 5.73 Å². The highest BCUT2D eigenvalue weighted by atomic mass is 32.1. The number of nitrogens with two attached hydrogens (primary N) is 1. The minimum atomic E-state index is -0.119. The molecular formula is C18H17NO2S. The molecule has 0 spiro atoms. The molecule has 2 N–H and O–H groups in total. The van der Waals surface area contributed by atoms with Crippen molar-refractivity contribution in [1.82, 2.24) is 0 Å². The van der Waals surface area contributed by atoms with Gasteiger partial charge in [0.25, 0.3) is 0 Å². The number of rotatable bonds is 7. The minimum Gasteiger partial charge on any atom is -0.405 e. The van der Waals surface area contributed by atoms with Crippen LogP contribution in [0.15, 0.2) is 66.2 Å². The Bertz CT molecular complexity index is 768. The molecule has 0 bridgehead atoms. The number of thiophene rings is 1. The van der Waals surface area contributed by atoms with Gasteiger partial charge in [-0.15, -0.1) is 11.3 Å². The SMILES string of the molecule is C=C/C=C(\C=C/N)C(=O)CCC(=O)c1ccc2sccc2c1. The summed E-state index contributed by atoms with van der Waals surface area (Å²) in [6, 6.07) is 7.61. The summed E-state index contributed by atoms with van der Waals surface area (Å²) in [5, 5.41) is 3.05. The van der Waals surface area contributed by atoms with Crippen LogP contribution in [0.1, 0.15) is 23.2 Å². The van der Waals surface area contributed by atoms with E-state index in [1.165, 1.54) is 18.4 Å². The first-order chi connectivity index (χ1) is 10.7. The second kappa shape index (κ2) is 7.52. The number of Topliss-reactive ketones (excluding diaryl/α,β-unsaturated/α-hetero) is 2. The van der Waals surface area contributed by atoms with Crippen LogP contribution in [0.5, 0.6) is 0 Å². The molecule has 22 heavy (non-hydrogen) atoms. The van der Waals surface area contributed by atoms with Gasteiger partial charge in [-0.25, -0.2) is 0 Å². The molecule has 0 aliphatic rings. The van der Waals surface area contributed by atoms with E-state index in [1.54, 1.807) is 17.4 Å². The van der Waals surface area contributed by atoms with Crippen molar-refractivity contribution in [2.45, 2.75) is 12.8 Å². The van der Waals surface area contributed by atoms with Gasteiger partial charge in [-0.3, -0.25) is 9.59 Å². The summed E-state index contributed by atoms with van der Waals surface area (Å²) in [7, 11) is 0. The molecule has 2 aromatic rings. The van der Waals surface area contributed by atoms with Crippen LogP contribution in [0.25, 0.3) is 10.1 Å². The van der Waals surface area contributed by atoms with Crippen LogP contribution in [0.3, 0.4) is 0 Å². The van der Waals surface area contributed by atoms with Crippen molar-refractivity contribution in [2.24, 2.45) is 5.73 Å². The zero-order chi connectivity index (χ0) is 15.9. The van der Waals surface area contributed by atoms with Gasteiger partial charge in [0, 0.05) is 28.7 Å². The summed E-state index contributed by atoms with van der Waals surface area (Å²) >= 11 is 1.64. The lowest BCUT2D eigenvalue weighted by Crippen LogP contribution is -2.06. The predicted octanol–water partition coefficient (Wildman–Crippen LogP) is 4.02. The maximum absolute atomic E-state index is 12.2. The van der Waals surface area contributed by atoms with E-state index in [0.717, 1.165) is 10.1 Å². The zero-order valence-electron chi connectivity index (χ0n) is 12.1. The Balaban J connectivity index is 2.04. The highest BCUT2D eigenvalue weighted by Crippen LogP contribution is 2.22. The van der Waals surface area contributed by atoms with Gasteiger partial charge in [0.2, 0.25) is 0 Å². The average molecular weight is 311 g/mol. The van der Waals surface area contributed by atoms with Gasteiger partial charge in [0.15, 0.2) is 11.6 Å². The second-order valence-corrected chi connectivity index (χ2v) is 5.68. The molecule has 0 saturated carbocycles. The van der Waals surface area contributed by atoms with Crippen LogP contribution >= 0.6 is 11.3 Å². The van der Waals surface area contributed by atoms with Crippen LogP contribution in [-0.4, -0.2) is 11.6 Å². The maximum Gasteiger partial charge on any atom is 0.163 e. The number of carbonyl (C=O) groups is 2. The number of allylic oxidation sites excluding steroid dienone is 4. The Labute approximate surface area is 133 Å². The molecule has 3 nitrogen and oxygen atoms in total. The van der Waals surface area contributed by atoms with Gasteiger partial charge >= 0.3 is 0 Å². The lowest BCUT2D eigenvalue weighted by molar-refractivity contribution is -0.115. The molecule has 0 atom stereocenters. The van der Waals surface area contributed by atoms with Crippen molar-refractivity contribution in [3.8, 4) is 0 Å². The third-order valence-corrected chi connectivity index (χ3v) is 4.15. The maximum atomic E-state index is 12.2. The fourth-order valence-electron chi connectivity index (χ4n) is 2.13. The van der Waals surface area contributed by atoms with Crippen molar-refractivity contribution in [3.63, 3.8) is 0 Å². The van der Waals surface area contributed by atoms with Crippen molar-refractivity contribution in [3.05, 3.63) is 71.8 Å². The van der Waals surface area contributed by atoms with Crippen molar-refractivity contribution < 1.29 is 9.59 Å². The van der Waals surface area contributed by atoms with E-state index in [-0.39, 0.29) is 24.4 Å². The first-order valence-electron chi connectivity index (χ1n) is 6.90. The lowest BCUT2D eigenvalue weighted by Gasteiger charge is -2.03. The van der Waals surface area contributed by atoms with Gasteiger partial charge in [-0.1, -0.05) is 18.7 Å². The highest BCUT2D eigenvalue weighted by molar-refractivity contribution is 7.17. The van der Waals surface area contributed by atoms with Gasteiger partial charge < -0.3 is 5.73 Å². The molecule has 112 valence electrons. The minimum absolute atomic E-state index is 0.0314. The number of hydrogen-bond donors (Lipinski definition) is 1. The smallest absolute Gasteiger partial charge is 0.163 e. The van der Waals surface area contributed by atoms with E-state index in [9.17, 15) is 9.59 Å². The standard InChI is InChI=1S/C18H17NO2S/c1-2-3-13(8-10-19)16(20)5-6-17(21)14-4-7-18-15(12-14)9-11-22-18/h2-4,7-12H,1,5-6,19H2/b10-8-,13-3+. The Morgan fingerprint density at radius 3 is 2.77 bits per heavy atom. The van der Waals surface area contributed by atoms with E-state index in [0.29, 0.717) is 11.1 Å². The molecule has 4 heteroatoms. The number of hydrogen-bond acceptors (Lipinski definition) is 4. The summed E-state index contributed by atoms with van der Waals surface area (Å²) in [4.78, 5) is 24.3. The zero-order valence-corrected chi connectivity index (χ0v) is 12.9. The molecule has 1 aromatic heterocycles. The highest BCUT2D eigenvalue weighted by Gasteiger charge is 2.12. The van der Waals surface area contributed by atoms with Crippen LogP contribution in [-0.2, 0) is 4.79 Å². The number of ketones is 2. The quantitative estimate of drug-likeness (QED) is 0.477. The summed E-state index contributed by atoms with van der Waals surface area (Å²) in [5.74, 6) is -0.150. The Kier molecular flexibility index (Phi) is 5.44. The van der Waals surface area contributed by atoms with Gasteiger partial charge in [0.1, 0.15) is 0 Å². The Morgan fingerprint density at radius 2 is 2.05 bits per heavy atom. The van der Waals surface area contributed by atoms with Gasteiger partial charge in [0.05, 0.1) is 0 Å². The fourth-order valence-corrected chi connectivity index (χ4v) is 2.90. The molecule has 0 radical (unpaired) electrons. The monoisotopic (exact) mass is 311 g/mol. The third kappa shape index (κ3) is 3.80. The van der Waals surface area contributed by atoms with E-state index in [2.05, 4.69) is 6.58 Å². The van der Waals surface area contributed by atoms with Crippen molar-refractivity contribution in [1.29, 1.82) is 0 Å². The molecule has 1 aromatic carbocycles. The summed E-state index contributed by atoms with van der Waals surface area (Å²) in [5.41, 5.74) is 6.41. The Hall–Kier alpha value is -2.46. The number of carbonyl (C=O) groups excluding carboxylic acids is 2. The van der Waals surface area contributed by atoms with Crippen molar-refractivity contribution in [2.75, 3.05) is 0 Å². The normalized spacial score (nSPS) is 11.9. The molecule has 0 amide bonds. The molecule has 2 rings (SSSR count). The van der Waals surface area contributed by atoms with Crippen LogP contribution in [0.4, 0.5) is 0 Å². The van der Waals surface area contributed by atoms with Crippen LogP contribution < -0.4 is 5.73 Å². The van der Waals surface area contributed by atoms with E-state index >= 15 is 0 Å². The molecule has 0 aliphatic carbocycles. The largest absolute Gasteiger partial charge is 0.405 e. The first kappa shape index (κ1) is 15.9. The molecule has 0 saturated heterocycles. The topological polar surface area (TPSA) is 60.2 Å². The van der Waals surface area contributed by atoms with Crippen molar-refractivity contribution >= 4 is 33.0 Å². The molecule has 0 fully saturated rings. The molecule has 0 unspecified atom stereocenters. The molecular weight excluding hydrogens is 294 g/mol. The lowest BCUT2D eigenvalue weighted by atomic mass is 10.0. The summed E-state index contributed by atoms with van der Waals surface area (Å²) in [6.07, 6.45) is 6.28. The van der Waals surface area contributed by atoms with Crippen LogP contribution in [0.2, 0.25) is 0 Å². The summed E-state index contributed by atoms with van der Waals surface area (Å²) < 4.78 is 1.15. The van der Waals surface area contributed by atoms with E-state index in [1.807, 2.05) is 29.6 Å². The fraction of sp³-hybridized carbons (Fsp3) is 0.111. The van der Waals surface area contributed by atoms with Gasteiger partial charge in [-0.2, -0.15) is 0 Å². The molecule has 0 aliphatic heterocycles. The van der Waals surface area contributed by atoms with Crippen LogP contribution in [0, 0.1) is 0 Å². The number of fused-ring (bicyclic) bond motifs is 1. The van der Waals surface area contributed by atoms with E-state index < -0.39 is 0 Å². The van der Waals surface area contributed by atoms with Gasteiger partial charge in [-0.05, 0) is 47.3 Å². The Morgan fingerprint density at radius 1 is 1.23 bits per heavy atom. The number of benzene rings is 1. The average Bonchev–Trinajstić information content (AvgIpc) is 2.99.